The molecule has 1 fully saturated rings. The fourth-order valence-electron chi connectivity index (χ4n) is 5.97. The van der Waals surface area contributed by atoms with Crippen LogP contribution in [0.4, 0.5) is 13.2 Å². The third-order valence-electron chi connectivity index (χ3n) is 8.11. The first-order valence-corrected chi connectivity index (χ1v) is 14.6. The number of thiophene rings is 1. The molecular weight excluding hydrogens is 614 g/mol. The number of alkyl halides is 3. The van der Waals surface area contributed by atoms with E-state index in [2.05, 4.69) is 21.4 Å². The number of carboxylic acids is 1. The van der Waals surface area contributed by atoms with Gasteiger partial charge in [-0.3, -0.25) is 4.79 Å². The second kappa shape index (κ2) is 12.1. The van der Waals surface area contributed by atoms with E-state index in [0.717, 1.165) is 30.4 Å². The zero-order valence-electron chi connectivity index (χ0n) is 22.2. The smallest absolute Gasteiger partial charge is 0.429 e. The molecule has 6 rings (SSSR count). The van der Waals surface area contributed by atoms with Crippen molar-refractivity contribution in [2.75, 3.05) is 19.8 Å². The van der Waals surface area contributed by atoms with Crippen LogP contribution < -0.4 is 10.1 Å². The number of hydrogen-bond acceptors (Lipinski definition) is 7. The highest BCUT2D eigenvalue weighted by atomic mass is 35.5. The van der Waals surface area contributed by atoms with Crippen LogP contribution in [0.15, 0.2) is 42.1 Å². The highest BCUT2D eigenvalue weighted by Crippen LogP contribution is 2.47. The first kappa shape index (κ1) is 30.7. The zero-order chi connectivity index (χ0) is 28.8. The summed E-state index contributed by atoms with van der Waals surface area (Å²) in [6.07, 6.45) is 1.61. The number of nitrogens with one attached hydrogen (secondary N) is 1. The molecule has 4 heterocycles. The number of carbonyl (C=O) groups is 1. The van der Waals surface area contributed by atoms with Gasteiger partial charge in [-0.25, -0.2) is 9.97 Å². The van der Waals surface area contributed by atoms with Gasteiger partial charge in [0.05, 0.1) is 18.7 Å². The zero-order valence-corrected chi connectivity index (χ0v) is 24.6. The first-order chi connectivity index (χ1) is 19.6. The van der Waals surface area contributed by atoms with Crippen LogP contribution in [0, 0.1) is 5.41 Å². The molecule has 3 atom stereocenters. The fraction of sp³-hybridized carbons (Fsp3) is 0.414. The second-order valence-electron chi connectivity index (χ2n) is 10.8. The SMILES string of the molecule is Cl.O=C(O)C1CC2(CC=C(c3csc4c(OC(c5ccc(Cl)cc5C5=CCCOC5)C(F)(F)F)ncnc34)CC2)CN1. The minimum absolute atomic E-state index is 0. The van der Waals surface area contributed by atoms with Crippen LogP contribution in [-0.2, 0) is 9.53 Å². The third-order valence-corrected chi connectivity index (χ3v) is 9.31. The number of carboxylic acid groups (broad SMARTS) is 1. The highest BCUT2D eigenvalue weighted by molar-refractivity contribution is 7.17. The normalized spacial score (nSPS) is 23.3. The van der Waals surface area contributed by atoms with E-state index in [0.29, 0.717) is 52.4 Å². The van der Waals surface area contributed by atoms with Crippen LogP contribution in [-0.4, -0.2) is 53.0 Å². The summed E-state index contributed by atoms with van der Waals surface area (Å²) in [6.45, 7) is 1.34. The molecule has 0 saturated carbocycles. The summed E-state index contributed by atoms with van der Waals surface area (Å²) in [4.78, 5) is 19.9. The van der Waals surface area contributed by atoms with Crippen molar-refractivity contribution in [1.82, 2.24) is 15.3 Å². The van der Waals surface area contributed by atoms with Gasteiger partial charge in [-0.2, -0.15) is 13.2 Å². The molecule has 42 heavy (non-hydrogen) atoms. The maximum Gasteiger partial charge on any atom is 0.429 e. The Bertz CT molecular complexity index is 1560. The van der Waals surface area contributed by atoms with Gasteiger partial charge in [0.2, 0.25) is 12.0 Å². The highest BCUT2D eigenvalue weighted by Gasteiger charge is 2.45. The number of nitrogens with zero attached hydrogens (tertiary/aromatic N) is 2. The average Bonchev–Trinajstić information content (AvgIpc) is 3.58. The number of hydrogen-bond donors (Lipinski definition) is 2. The number of halogens is 5. The van der Waals surface area contributed by atoms with Gasteiger partial charge in [0.1, 0.15) is 17.1 Å². The number of fused-ring (bicyclic) bond motifs is 1. The number of aliphatic carboxylic acids is 1. The van der Waals surface area contributed by atoms with E-state index in [4.69, 9.17) is 21.1 Å². The molecule has 0 radical (unpaired) electrons. The molecule has 2 aromatic heterocycles. The second-order valence-corrected chi connectivity index (χ2v) is 12.1. The van der Waals surface area contributed by atoms with Gasteiger partial charge >= 0.3 is 12.1 Å². The van der Waals surface area contributed by atoms with Crippen LogP contribution in [0.2, 0.25) is 5.02 Å². The molecular formula is C29H28Cl2F3N3O4S. The summed E-state index contributed by atoms with van der Waals surface area (Å²) in [5.41, 5.74) is 3.23. The van der Waals surface area contributed by atoms with Crippen LogP contribution in [0.5, 0.6) is 5.88 Å². The van der Waals surface area contributed by atoms with Gasteiger partial charge in [0, 0.05) is 28.1 Å². The molecule has 13 heteroatoms. The predicted octanol–water partition coefficient (Wildman–Crippen LogP) is 7.25. The topological polar surface area (TPSA) is 93.6 Å². The van der Waals surface area contributed by atoms with Gasteiger partial charge in [0.25, 0.3) is 0 Å². The Labute approximate surface area is 255 Å². The van der Waals surface area contributed by atoms with Crippen molar-refractivity contribution >= 4 is 62.7 Å². The van der Waals surface area contributed by atoms with E-state index in [1.165, 1.54) is 35.9 Å². The first-order valence-electron chi connectivity index (χ1n) is 13.3. The average molecular weight is 643 g/mol. The Morgan fingerprint density at radius 1 is 1.24 bits per heavy atom. The van der Waals surface area contributed by atoms with E-state index in [9.17, 15) is 23.1 Å². The van der Waals surface area contributed by atoms with Crippen LogP contribution in [0.25, 0.3) is 21.4 Å². The minimum Gasteiger partial charge on any atom is -0.480 e. The molecule has 224 valence electrons. The summed E-state index contributed by atoms with van der Waals surface area (Å²) < 4.78 is 55.3. The largest absolute Gasteiger partial charge is 0.480 e. The molecule has 1 aromatic carbocycles. The van der Waals surface area contributed by atoms with E-state index in [1.54, 1.807) is 0 Å². The van der Waals surface area contributed by atoms with Crippen LogP contribution in [0.3, 0.4) is 0 Å². The van der Waals surface area contributed by atoms with Crippen molar-refractivity contribution in [3.05, 3.63) is 63.8 Å². The van der Waals surface area contributed by atoms with Crippen molar-refractivity contribution < 1.29 is 32.5 Å². The van der Waals surface area contributed by atoms with Gasteiger partial charge in [-0.1, -0.05) is 29.8 Å². The monoisotopic (exact) mass is 641 g/mol. The molecule has 3 unspecified atom stereocenters. The quantitative estimate of drug-likeness (QED) is 0.293. The lowest BCUT2D eigenvalue weighted by atomic mass is 9.72. The Balaban J connectivity index is 0.00000353. The molecule has 2 N–H and O–H groups in total. The Kier molecular flexibility index (Phi) is 8.87. The maximum atomic E-state index is 14.6. The lowest BCUT2D eigenvalue weighted by Crippen LogP contribution is -2.30. The molecule has 0 bridgehead atoms. The number of rotatable bonds is 6. The van der Waals surface area contributed by atoms with Crippen molar-refractivity contribution in [2.45, 2.75) is 50.4 Å². The number of allylic oxidation sites excluding steroid dienone is 2. The molecule has 2 aliphatic heterocycles. The van der Waals surface area contributed by atoms with Gasteiger partial charge in [0.15, 0.2) is 0 Å². The molecule has 1 aliphatic carbocycles. The number of benzene rings is 1. The summed E-state index contributed by atoms with van der Waals surface area (Å²) in [7, 11) is 0. The number of ether oxygens (including phenoxy) is 2. The van der Waals surface area contributed by atoms with Crippen LogP contribution >= 0.6 is 35.3 Å². The fourth-order valence-corrected chi connectivity index (χ4v) is 7.11. The minimum atomic E-state index is -4.74. The van der Waals surface area contributed by atoms with Gasteiger partial charge < -0.3 is 19.9 Å². The van der Waals surface area contributed by atoms with Crippen molar-refractivity contribution in [3.63, 3.8) is 0 Å². The Hall–Kier alpha value is -2.70. The molecule has 3 aromatic rings. The molecule has 1 spiro atoms. The van der Waals surface area contributed by atoms with E-state index < -0.39 is 24.3 Å². The summed E-state index contributed by atoms with van der Waals surface area (Å²) in [5.74, 6) is -0.975. The van der Waals surface area contributed by atoms with Crippen molar-refractivity contribution in [2.24, 2.45) is 5.41 Å². The molecule has 1 saturated heterocycles. The van der Waals surface area contributed by atoms with Crippen molar-refractivity contribution in [3.8, 4) is 5.88 Å². The molecule has 0 amide bonds. The Morgan fingerprint density at radius 2 is 2.07 bits per heavy atom. The van der Waals surface area contributed by atoms with E-state index >= 15 is 0 Å². The van der Waals surface area contributed by atoms with Crippen molar-refractivity contribution in [1.29, 1.82) is 0 Å². The lowest BCUT2D eigenvalue weighted by molar-refractivity contribution is -0.198. The van der Waals surface area contributed by atoms with E-state index in [-0.39, 0.29) is 35.9 Å². The van der Waals surface area contributed by atoms with Gasteiger partial charge in [-0.15, -0.1) is 23.7 Å². The standard InChI is InChI=1S/C29H27ClF3N3O4S.ClH/c30-18-3-4-19(20(10-18)17-2-1-9-39-12-17)25(29(31,32)33)40-26-24-23(35-15-36-26)21(13-41-24)16-5-7-28(8-6-16)11-22(27(37)38)34-14-28;/h2-5,10,13,15,22,25,34H,1,6-9,11-12,14H2,(H,37,38);1H. The van der Waals surface area contributed by atoms with Crippen LogP contribution in [0.1, 0.15) is 54.9 Å². The molecule has 3 aliphatic rings. The number of aromatic nitrogens is 2. The lowest BCUT2D eigenvalue weighted by Gasteiger charge is -2.31. The Morgan fingerprint density at radius 3 is 2.74 bits per heavy atom. The van der Waals surface area contributed by atoms with E-state index in [1.807, 2.05) is 11.5 Å². The molecule has 7 nitrogen and oxygen atoms in total. The van der Waals surface area contributed by atoms with Gasteiger partial charge in [-0.05, 0) is 66.4 Å². The predicted molar refractivity (Wildman–Crippen MR) is 157 cm³/mol. The summed E-state index contributed by atoms with van der Waals surface area (Å²) in [5, 5.41) is 14.7. The third kappa shape index (κ3) is 6.03. The maximum absolute atomic E-state index is 14.6. The summed E-state index contributed by atoms with van der Waals surface area (Å²) in [6, 6.07) is 3.74. The summed E-state index contributed by atoms with van der Waals surface area (Å²) >= 11 is 7.43.